The highest BCUT2D eigenvalue weighted by Gasteiger charge is 2.14. The molecule has 0 atom stereocenters. The summed E-state index contributed by atoms with van der Waals surface area (Å²) in [5.74, 6) is 0. The van der Waals surface area contributed by atoms with Gasteiger partial charge >= 0.3 is 0 Å². The van der Waals surface area contributed by atoms with Crippen molar-refractivity contribution in [2.75, 3.05) is 6.26 Å². The first-order valence-electron chi connectivity index (χ1n) is 7.91. The lowest BCUT2D eigenvalue weighted by atomic mass is 10.2. The highest BCUT2D eigenvalue weighted by atomic mass is 35.5. The van der Waals surface area contributed by atoms with Crippen LogP contribution in [0.5, 0.6) is 0 Å². The second-order valence-corrected chi connectivity index (χ2v) is 8.91. The van der Waals surface area contributed by atoms with Crippen LogP contribution in [0.25, 0.3) is 11.0 Å². The predicted octanol–water partition coefficient (Wildman–Crippen LogP) is 4.75. The van der Waals surface area contributed by atoms with Gasteiger partial charge in [-0.1, -0.05) is 42.6 Å². The van der Waals surface area contributed by atoms with Crippen molar-refractivity contribution in [3.8, 4) is 0 Å². The van der Waals surface area contributed by atoms with Gasteiger partial charge in [0.25, 0.3) is 0 Å². The second-order valence-electron chi connectivity index (χ2n) is 6.08. The van der Waals surface area contributed by atoms with Crippen LogP contribution in [0.15, 0.2) is 41.4 Å². The number of fused-ring (bicyclic) bond motifs is 1. The molecule has 0 aliphatic carbocycles. The predicted molar refractivity (Wildman–Crippen MR) is 102 cm³/mol. The lowest BCUT2D eigenvalue weighted by molar-refractivity contribution is 0.601. The largest absolute Gasteiger partial charge is 0.325 e. The van der Waals surface area contributed by atoms with Crippen LogP contribution in [-0.2, 0) is 22.8 Å². The van der Waals surface area contributed by atoms with Gasteiger partial charge in [-0.25, -0.2) is 13.4 Å². The van der Waals surface area contributed by atoms with E-state index >= 15 is 0 Å². The number of hydrogen-bond acceptors (Lipinski definition) is 3. The van der Waals surface area contributed by atoms with Gasteiger partial charge in [-0.3, -0.25) is 0 Å². The Morgan fingerprint density at radius 2 is 1.88 bits per heavy atom. The highest BCUT2D eigenvalue weighted by Crippen LogP contribution is 2.26. The van der Waals surface area contributed by atoms with Gasteiger partial charge in [0.15, 0.2) is 9.84 Å². The minimum atomic E-state index is -3.28. The molecule has 25 heavy (non-hydrogen) atoms. The SMILES string of the molecule is CCCc1cc2cc(S(C)(=O)=O)cnc2n1Cc1ccc(Cl)c(Cl)c1. The van der Waals surface area contributed by atoms with Crippen molar-refractivity contribution in [2.24, 2.45) is 0 Å². The van der Waals surface area contributed by atoms with Gasteiger partial charge in [0.2, 0.25) is 0 Å². The third-order valence-corrected chi connectivity index (χ3v) is 5.87. The number of halogens is 2. The van der Waals surface area contributed by atoms with Crippen molar-refractivity contribution in [2.45, 2.75) is 31.2 Å². The average Bonchev–Trinajstić information content (AvgIpc) is 2.87. The summed E-state index contributed by atoms with van der Waals surface area (Å²) in [6.07, 6.45) is 4.47. The molecular weight excluding hydrogens is 379 g/mol. The smallest absolute Gasteiger partial charge is 0.177 e. The maximum atomic E-state index is 11.8. The summed E-state index contributed by atoms with van der Waals surface area (Å²) >= 11 is 12.1. The molecule has 0 fully saturated rings. The highest BCUT2D eigenvalue weighted by molar-refractivity contribution is 7.90. The molecule has 0 bridgehead atoms. The van der Waals surface area contributed by atoms with Crippen molar-refractivity contribution in [1.82, 2.24) is 9.55 Å². The normalized spacial score (nSPS) is 12.0. The van der Waals surface area contributed by atoms with Crippen LogP contribution in [0.4, 0.5) is 0 Å². The molecule has 0 saturated carbocycles. The lowest BCUT2D eigenvalue weighted by Crippen LogP contribution is -2.05. The average molecular weight is 397 g/mol. The summed E-state index contributed by atoms with van der Waals surface area (Å²) in [7, 11) is -3.28. The molecule has 3 aromatic rings. The number of nitrogens with zero attached hydrogens (tertiary/aromatic N) is 2. The Bertz CT molecular complexity index is 1040. The Morgan fingerprint density at radius 1 is 1.12 bits per heavy atom. The molecule has 0 aliphatic rings. The molecule has 7 heteroatoms. The number of rotatable bonds is 5. The van der Waals surface area contributed by atoms with Gasteiger partial charge in [-0.15, -0.1) is 0 Å². The van der Waals surface area contributed by atoms with Crippen LogP contribution >= 0.6 is 23.2 Å². The maximum absolute atomic E-state index is 11.8. The summed E-state index contributed by atoms with van der Waals surface area (Å²) in [4.78, 5) is 4.64. The summed E-state index contributed by atoms with van der Waals surface area (Å²) in [6, 6.07) is 9.25. The summed E-state index contributed by atoms with van der Waals surface area (Å²) in [6.45, 7) is 2.71. The monoisotopic (exact) mass is 396 g/mol. The second kappa shape index (κ2) is 6.98. The molecule has 0 radical (unpaired) electrons. The van der Waals surface area contributed by atoms with Crippen molar-refractivity contribution in [3.05, 3.63) is 57.8 Å². The molecule has 4 nitrogen and oxygen atoms in total. The van der Waals surface area contributed by atoms with E-state index < -0.39 is 9.84 Å². The van der Waals surface area contributed by atoms with Crippen molar-refractivity contribution in [1.29, 1.82) is 0 Å². The summed E-state index contributed by atoms with van der Waals surface area (Å²) < 4.78 is 25.7. The van der Waals surface area contributed by atoms with E-state index in [9.17, 15) is 8.42 Å². The molecule has 2 aromatic heterocycles. The zero-order chi connectivity index (χ0) is 18.2. The van der Waals surface area contributed by atoms with Gasteiger partial charge in [-0.2, -0.15) is 0 Å². The number of sulfone groups is 1. The first kappa shape index (κ1) is 18.2. The molecular formula is C18H18Cl2N2O2S. The maximum Gasteiger partial charge on any atom is 0.177 e. The molecule has 3 rings (SSSR count). The van der Waals surface area contributed by atoms with Crippen LogP contribution in [0.2, 0.25) is 10.0 Å². The van der Waals surface area contributed by atoms with E-state index in [-0.39, 0.29) is 4.90 Å². The van der Waals surface area contributed by atoms with E-state index in [1.54, 1.807) is 12.1 Å². The van der Waals surface area contributed by atoms with Crippen LogP contribution in [0.3, 0.4) is 0 Å². The van der Waals surface area contributed by atoms with Crippen LogP contribution in [0.1, 0.15) is 24.6 Å². The Hall–Kier alpha value is -1.56. The van der Waals surface area contributed by atoms with E-state index in [1.165, 1.54) is 12.5 Å². The third kappa shape index (κ3) is 3.84. The molecule has 132 valence electrons. The van der Waals surface area contributed by atoms with Gasteiger partial charge in [0, 0.05) is 30.1 Å². The molecule has 0 N–H and O–H groups in total. The first-order valence-corrected chi connectivity index (χ1v) is 10.6. The zero-order valence-corrected chi connectivity index (χ0v) is 16.3. The van der Waals surface area contributed by atoms with Gasteiger partial charge in [0.05, 0.1) is 14.9 Å². The molecule has 1 aromatic carbocycles. The lowest BCUT2D eigenvalue weighted by Gasteiger charge is -2.11. The van der Waals surface area contributed by atoms with E-state index in [0.717, 1.165) is 35.1 Å². The minimum absolute atomic E-state index is 0.231. The number of pyridine rings is 1. The number of hydrogen-bond donors (Lipinski definition) is 0. The third-order valence-electron chi connectivity index (χ3n) is 4.05. The molecule has 0 unspecified atom stereocenters. The standard InChI is InChI=1S/C18H18Cl2N2O2S/c1-3-4-14-8-13-9-15(25(2,23)24)10-21-18(13)22(14)11-12-5-6-16(19)17(20)7-12/h5-10H,3-4,11H2,1-2H3. The van der Waals surface area contributed by atoms with Gasteiger partial charge < -0.3 is 4.57 Å². The summed E-state index contributed by atoms with van der Waals surface area (Å²) in [5, 5.41) is 1.86. The van der Waals surface area contributed by atoms with Crippen molar-refractivity contribution >= 4 is 44.1 Å². The number of benzene rings is 1. The van der Waals surface area contributed by atoms with Crippen LogP contribution in [0, 0.1) is 0 Å². The van der Waals surface area contributed by atoms with E-state index in [2.05, 4.69) is 16.5 Å². The van der Waals surface area contributed by atoms with E-state index in [1.807, 2.05) is 18.2 Å². The van der Waals surface area contributed by atoms with Crippen molar-refractivity contribution in [3.63, 3.8) is 0 Å². The van der Waals surface area contributed by atoms with Crippen LogP contribution in [-0.4, -0.2) is 24.2 Å². The van der Waals surface area contributed by atoms with E-state index in [4.69, 9.17) is 23.2 Å². The topological polar surface area (TPSA) is 52.0 Å². The minimum Gasteiger partial charge on any atom is -0.325 e. The fourth-order valence-corrected chi connectivity index (χ4v) is 3.75. The van der Waals surface area contributed by atoms with Gasteiger partial charge in [-0.05, 0) is 36.2 Å². The van der Waals surface area contributed by atoms with E-state index in [0.29, 0.717) is 16.6 Å². The molecule has 0 aliphatic heterocycles. The Labute approximate surface area is 157 Å². The Morgan fingerprint density at radius 3 is 2.52 bits per heavy atom. The first-order chi connectivity index (χ1) is 11.8. The molecule has 0 spiro atoms. The van der Waals surface area contributed by atoms with Crippen LogP contribution < -0.4 is 0 Å². The number of aromatic nitrogens is 2. The molecule has 0 amide bonds. The summed E-state index contributed by atoms with van der Waals surface area (Å²) in [5.41, 5.74) is 2.89. The molecule has 2 heterocycles. The fourth-order valence-electron chi connectivity index (χ4n) is 2.84. The Kier molecular flexibility index (Phi) is 5.09. The number of aryl methyl sites for hydroxylation is 1. The van der Waals surface area contributed by atoms with Gasteiger partial charge in [0.1, 0.15) is 5.65 Å². The Balaban J connectivity index is 2.11. The molecule has 0 saturated heterocycles. The fraction of sp³-hybridized carbons (Fsp3) is 0.278. The zero-order valence-electron chi connectivity index (χ0n) is 14.0. The van der Waals surface area contributed by atoms with Crippen molar-refractivity contribution < 1.29 is 8.42 Å². The quantitative estimate of drug-likeness (QED) is 0.625.